The number of aliphatic hydroxyl groups is 1. The van der Waals surface area contributed by atoms with Gasteiger partial charge >= 0.3 is 0 Å². The van der Waals surface area contributed by atoms with Crippen LogP contribution in [0.1, 0.15) is 35.3 Å². The molecule has 1 heterocycles. The third-order valence-corrected chi connectivity index (χ3v) is 3.22. The lowest BCUT2D eigenvalue weighted by atomic mass is 10.1. The average molecular weight is 234 g/mol. The molecule has 2 atom stereocenters. The summed E-state index contributed by atoms with van der Waals surface area (Å²) in [6.45, 7) is 2.52. The molecule has 17 heavy (non-hydrogen) atoms. The first kappa shape index (κ1) is 12.0. The van der Waals surface area contributed by atoms with E-state index < -0.39 is 0 Å². The molecule has 1 fully saturated rings. The van der Waals surface area contributed by atoms with Crippen LogP contribution in [0.4, 0.5) is 0 Å². The Balaban J connectivity index is 1.85. The van der Waals surface area contributed by atoms with Crippen molar-refractivity contribution >= 4 is 5.91 Å². The van der Waals surface area contributed by atoms with Gasteiger partial charge in [-0.1, -0.05) is 0 Å². The van der Waals surface area contributed by atoms with Gasteiger partial charge in [-0.2, -0.15) is 0 Å². The minimum absolute atomic E-state index is 0.0584. The van der Waals surface area contributed by atoms with Crippen LogP contribution in [0.25, 0.3) is 0 Å². The Morgan fingerprint density at radius 1 is 1.59 bits per heavy atom. The number of carbonyl (C=O) groups excluding carboxylic acids is 1. The molecule has 1 aromatic rings. The molecular weight excluding hydrogens is 216 g/mol. The zero-order valence-electron chi connectivity index (χ0n) is 10.0. The smallest absolute Gasteiger partial charge is 0.251 e. The van der Waals surface area contributed by atoms with E-state index in [9.17, 15) is 9.90 Å². The number of aryl methyl sites for hydroxylation is 1. The summed E-state index contributed by atoms with van der Waals surface area (Å²) < 4.78 is 0. The number of pyridine rings is 1. The van der Waals surface area contributed by atoms with Crippen molar-refractivity contribution in [3.05, 3.63) is 29.6 Å². The summed E-state index contributed by atoms with van der Waals surface area (Å²) in [7, 11) is 0. The summed E-state index contributed by atoms with van der Waals surface area (Å²) in [4.78, 5) is 15.9. The Kier molecular flexibility index (Phi) is 3.74. The summed E-state index contributed by atoms with van der Waals surface area (Å²) >= 11 is 0. The van der Waals surface area contributed by atoms with Gasteiger partial charge in [-0.25, -0.2) is 0 Å². The highest BCUT2D eigenvalue weighted by molar-refractivity contribution is 5.94. The molecule has 0 spiro atoms. The highest BCUT2D eigenvalue weighted by Crippen LogP contribution is 2.24. The fourth-order valence-corrected chi connectivity index (χ4v) is 2.26. The highest BCUT2D eigenvalue weighted by atomic mass is 16.3. The molecule has 1 aliphatic rings. The molecule has 0 saturated heterocycles. The van der Waals surface area contributed by atoms with E-state index in [4.69, 9.17) is 0 Å². The Morgan fingerprint density at radius 2 is 2.41 bits per heavy atom. The van der Waals surface area contributed by atoms with Crippen molar-refractivity contribution in [1.82, 2.24) is 10.3 Å². The molecule has 92 valence electrons. The average Bonchev–Trinajstić information content (AvgIpc) is 2.72. The summed E-state index contributed by atoms with van der Waals surface area (Å²) in [5.41, 5.74) is 1.49. The quantitative estimate of drug-likeness (QED) is 0.828. The van der Waals surface area contributed by atoms with Crippen LogP contribution < -0.4 is 5.32 Å². The van der Waals surface area contributed by atoms with Crippen molar-refractivity contribution in [2.45, 2.75) is 32.3 Å². The minimum atomic E-state index is -0.180. The van der Waals surface area contributed by atoms with E-state index >= 15 is 0 Å². The van der Waals surface area contributed by atoms with E-state index in [0.717, 1.165) is 25.0 Å². The summed E-state index contributed by atoms with van der Waals surface area (Å²) in [5, 5.41) is 12.3. The predicted octanol–water partition coefficient (Wildman–Crippen LogP) is 1.28. The van der Waals surface area contributed by atoms with Gasteiger partial charge in [-0.3, -0.25) is 9.78 Å². The maximum atomic E-state index is 11.8. The Hall–Kier alpha value is -1.42. The lowest BCUT2D eigenvalue weighted by molar-refractivity contribution is 0.0945. The van der Waals surface area contributed by atoms with Gasteiger partial charge in [0.15, 0.2) is 0 Å². The minimum Gasteiger partial charge on any atom is -0.393 e. The van der Waals surface area contributed by atoms with Gasteiger partial charge in [0.25, 0.3) is 5.91 Å². The third-order valence-electron chi connectivity index (χ3n) is 3.22. The van der Waals surface area contributed by atoms with Gasteiger partial charge in [0.05, 0.1) is 6.10 Å². The molecule has 2 rings (SSSR count). The molecule has 1 aromatic heterocycles. The summed E-state index contributed by atoms with van der Waals surface area (Å²) in [5.74, 6) is 0.355. The number of rotatable bonds is 3. The van der Waals surface area contributed by atoms with Crippen LogP contribution in [0, 0.1) is 12.8 Å². The van der Waals surface area contributed by atoms with Crippen molar-refractivity contribution in [2.24, 2.45) is 5.92 Å². The van der Waals surface area contributed by atoms with Crippen LogP contribution in [0.3, 0.4) is 0 Å². The number of amides is 1. The zero-order chi connectivity index (χ0) is 12.3. The van der Waals surface area contributed by atoms with Crippen LogP contribution in [-0.2, 0) is 0 Å². The number of carbonyl (C=O) groups is 1. The zero-order valence-corrected chi connectivity index (χ0v) is 10.0. The number of hydrogen-bond donors (Lipinski definition) is 2. The van der Waals surface area contributed by atoms with Gasteiger partial charge < -0.3 is 10.4 Å². The first-order valence-electron chi connectivity index (χ1n) is 6.04. The van der Waals surface area contributed by atoms with Gasteiger partial charge in [-0.05, 0) is 44.2 Å². The third kappa shape index (κ3) is 3.27. The monoisotopic (exact) mass is 234 g/mol. The van der Waals surface area contributed by atoms with E-state index in [1.165, 1.54) is 0 Å². The van der Waals surface area contributed by atoms with Crippen LogP contribution >= 0.6 is 0 Å². The second-order valence-corrected chi connectivity index (χ2v) is 4.73. The first-order valence-corrected chi connectivity index (χ1v) is 6.04. The van der Waals surface area contributed by atoms with Crippen molar-refractivity contribution in [2.75, 3.05) is 6.54 Å². The van der Waals surface area contributed by atoms with Crippen LogP contribution in [0.15, 0.2) is 18.3 Å². The standard InChI is InChI=1S/C13H18N2O2/c1-9-6-11(4-5-14-9)13(17)15-8-10-2-3-12(16)7-10/h4-6,10,12,16H,2-3,7-8H2,1H3,(H,15,17). The molecule has 4 heteroatoms. The van der Waals surface area contributed by atoms with Gasteiger partial charge in [0, 0.05) is 24.0 Å². The van der Waals surface area contributed by atoms with Crippen molar-refractivity contribution in [3.8, 4) is 0 Å². The number of aromatic nitrogens is 1. The maximum Gasteiger partial charge on any atom is 0.251 e. The largest absolute Gasteiger partial charge is 0.393 e. The van der Waals surface area contributed by atoms with E-state index in [-0.39, 0.29) is 12.0 Å². The fraction of sp³-hybridized carbons (Fsp3) is 0.538. The van der Waals surface area contributed by atoms with E-state index in [1.807, 2.05) is 6.92 Å². The molecule has 0 aromatic carbocycles. The molecular formula is C13H18N2O2. The number of nitrogens with zero attached hydrogens (tertiary/aromatic N) is 1. The molecule has 1 amide bonds. The Morgan fingerprint density at radius 3 is 3.06 bits per heavy atom. The summed E-state index contributed by atoms with van der Waals surface area (Å²) in [6, 6.07) is 3.49. The molecule has 4 nitrogen and oxygen atoms in total. The van der Waals surface area contributed by atoms with E-state index in [1.54, 1.807) is 18.3 Å². The molecule has 0 aliphatic heterocycles. The number of aliphatic hydroxyl groups excluding tert-OH is 1. The molecule has 0 bridgehead atoms. The van der Waals surface area contributed by atoms with Crippen molar-refractivity contribution in [3.63, 3.8) is 0 Å². The molecule has 1 aliphatic carbocycles. The number of hydrogen-bond acceptors (Lipinski definition) is 3. The van der Waals surface area contributed by atoms with Gasteiger partial charge in [0.2, 0.25) is 0 Å². The Labute approximate surface area is 101 Å². The van der Waals surface area contributed by atoms with Gasteiger partial charge in [0.1, 0.15) is 0 Å². The van der Waals surface area contributed by atoms with Crippen molar-refractivity contribution in [1.29, 1.82) is 0 Å². The molecule has 2 N–H and O–H groups in total. The van der Waals surface area contributed by atoms with E-state index in [0.29, 0.717) is 18.0 Å². The highest BCUT2D eigenvalue weighted by Gasteiger charge is 2.23. The lowest BCUT2D eigenvalue weighted by Crippen LogP contribution is -2.28. The summed E-state index contributed by atoms with van der Waals surface area (Å²) in [6.07, 6.45) is 4.12. The Bertz CT molecular complexity index is 406. The lowest BCUT2D eigenvalue weighted by Gasteiger charge is -2.10. The second-order valence-electron chi connectivity index (χ2n) is 4.73. The van der Waals surface area contributed by atoms with Crippen molar-refractivity contribution < 1.29 is 9.90 Å². The van der Waals surface area contributed by atoms with E-state index in [2.05, 4.69) is 10.3 Å². The van der Waals surface area contributed by atoms with Crippen LogP contribution in [-0.4, -0.2) is 28.6 Å². The van der Waals surface area contributed by atoms with Crippen LogP contribution in [0.5, 0.6) is 0 Å². The fourth-order valence-electron chi connectivity index (χ4n) is 2.26. The van der Waals surface area contributed by atoms with Crippen LogP contribution in [0.2, 0.25) is 0 Å². The molecule has 0 radical (unpaired) electrons. The van der Waals surface area contributed by atoms with Gasteiger partial charge in [-0.15, -0.1) is 0 Å². The molecule has 2 unspecified atom stereocenters. The SMILES string of the molecule is Cc1cc(C(=O)NCC2CCC(O)C2)ccn1. The maximum absolute atomic E-state index is 11.8. The predicted molar refractivity (Wildman–Crippen MR) is 64.7 cm³/mol. The molecule has 1 saturated carbocycles. The second kappa shape index (κ2) is 5.27. The first-order chi connectivity index (χ1) is 8.15. The normalized spacial score (nSPS) is 23.6. The topological polar surface area (TPSA) is 62.2 Å². The number of nitrogens with one attached hydrogen (secondary N) is 1.